The molecule has 1 fully saturated rings. The van der Waals surface area contributed by atoms with Crippen molar-refractivity contribution in [1.29, 1.82) is 0 Å². The smallest absolute Gasteiger partial charge is 0.253 e. The minimum Gasteiger partial charge on any atom is -0.368 e. The Morgan fingerprint density at radius 1 is 1.30 bits per heavy atom. The number of pyridine rings is 1. The second kappa shape index (κ2) is 8.97. The highest BCUT2D eigenvalue weighted by molar-refractivity contribution is 6.34. The lowest BCUT2D eigenvalue weighted by Gasteiger charge is -2.14. The van der Waals surface area contributed by atoms with Gasteiger partial charge in [0.05, 0.1) is 29.4 Å². The van der Waals surface area contributed by atoms with Gasteiger partial charge in [0.1, 0.15) is 6.10 Å². The molecule has 1 saturated carbocycles. The summed E-state index contributed by atoms with van der Waals surface area (Å²) in [5.41, 5.74) is 1.61. The molecule has 1 atom stereocenters. The van der Waals surface area contributed by atoms with Crippen molar-refractivity contribution in [2.75, 3.05) is 11.9 Å². The van der Waals surface area contributed by atoms with Crippen molar-refractivity contribution >= 4 is 29.1 Å². The first-order valence-corrected chi connectivity index (χ1v) is 9.31. The van der Waals surface area contributed by atoms with Crippen LogP contribution in [0.2, 0.25) is 5.02 Å². The first-order chi connectivity index (χ1) is 13.0. The lowest BCUT2D eigenvalue weighted by molar-refractivity contribution is -0.126. The molecule has 1 unspecified atom stereocenters. The van der Waals surface area contributed by atoms with Gasteiger partial charge in [-0.25, -0.2) is 0 Å². The lowest BCUT2D eigenvalue weighted by Crippen LogP contribution is -2.28. The number of carbonyl (C=O) groups excluding carboxylic acids is 2. The van der Waals surface area contributed by atoms with Gasteiger partial charge in [-0.15, -0.1) is 0 Å². The number of aromatic nitrogens is 1. The summed E-state index contributed by atoms with van der Waals surface area (Å²) in [5.74, 6) is 0.0577. The third-order valence-corrected chi connectivity index (χ3v) is 4.60. The largest absolute Gasteiger partial charge is 0.368 e. The van der Waals surface area contributed by atoms with Gasteiger partial charge in [-0.05, 0) is 56.0 Å². The Labute approximate surface area is 163 Å². The Kier molecular flexibility index (Phi) is 6.42. The van der Waals surface area contributed by atoms with Crippen molar-refractivity contribution in [2.45, 2.75) is 32.4 Å². The van der Waals surface area contributed by atoms with Crippen LogP contribution < -0.4 is 10.6 Å². The second-order valence-corrected chi connectivity index (χ2v) is 7.01. The normalized spacial score (nSPS) is 14.4. The van der Waals surface area contributed by atoms with Crippen LogP contribution in [0.1, 0.15) is 35.8 Å². The molecule has 1 heterocycles. The molecule has 0 saturated heterocycles. The van der Waals surface area contributed by atoms with Gasteiger partial charge in [-0.2, -0.15) is 0 Å². The van der Waals surface area contributed by atoms with E-state index in [2.05, 4.69) is 15.6 Å². The molecule has 2 N–H and O–H groups in total. The van der Waals surface area contributed by atoms with E-state index in [0.29, 0.717) is 30.3 Å². The maximum absolute atomic E-state index is 12.3. The van der Waals surface area contributed by atoms with Crippen LogP contribution in [0.3, 0.4) is 0 Å². The van der Waals surface area contributed by atoms with E-state index < -0.39 is 6.10 Å². The third kappa shape index (κ3) is 5.77. The van der Waals surface area contributed by atoms with Gasteiger partial charge in [-0.3, -0.25) is 14.6 Å². The summed E-state index contributed by atoms with van der Waals surface area (Å²) in [6.45, 7) is 2.65. The first-order valence-electron chi connectivity index (χ1n) is 8.93. The molecule has 2 aromatic rings. The zero-order valence-electron chi connectivity index (χ0n) is 15.1. The van der Waals surface area contributed by atoms with Crippen molar-refractivity contribution < 1.29 is 14.3 Å². The molecule has 27 heavy (non-hydrogen) atoms. The van der Waals surface area contributed by atoms with Crippen LogP contribution in [0.4, 0.5) is 5.69 Å². The molecule has 0 aliphatic heterocycles. The number of nitrogens with zero attached hydrogens (tertiary/aromatic N) is 1. The van der Waals surface area contributed by atoms with Crippen LogP contribution in [-0.4, -0.2) is 29.5 Å². The standard InChI is InChI=1S/C20H22ClN3O3/c1-13(27-12-14-5-6-14)19(25)24-15-7-8-17(18(21)10-15)20(26)23-11-16-4-2-3-9-22-16/h2-4,7-10,13-14H,5-6,11-12H2,1H3,(H,23,26)(H,24,25). The summed E-state index contributed by atoms with van der Waals surface area (Å²) >= 11 is 6.22. The van der Waals surface area contributed by atoms with Crippen LogP contribution >= 0.6 is 11.6 Å². The highest BCUT2D eigenvalue weighted by Crippen LogP contribution is 2.29. The molecule has 2 amide bonds. The first kappa shape index (κ1) is 19.3. The van der Waals surface area contributed by atoms with Crippen LogP contribution in [0.15, 0.2) is 42.6 Å². The molecule has 142 valence electrons. The molecule has 7 heteroatoms. The van der Waals surface area contributed by atoms with Gasteiger partial charge in [0.25, 0.3) is 11.8 Å². The van der Waals surface area contributed by atoms with Crippen LogP contribution in [0.5, 0.6) is 0 Å². The summed E-state index contributed by atoms with van der Waals surface area (Å²) < 4.78 is 5.55. The van der Waals surface area contributed by atoms with Crippen molar-refractivity contribution in [1.82, 2.24) is 10.3 Å². The number of hydrogen-bond donors (Lipinski definition) is 2. The fourth-order valence-electron chi connectivity index (χ4n) is 2.43. The Morgan fingerprint density at radius 2 is 2.11 bits per heavy atom. The third-order valence-electron chi connectivity index (χ3n) is 4.29. The van der Waals surface area contributed by atoms with E-state index in [0.717, 1.165) is 5.69 Å². The Hall–Kier alpha value is -2.44. The Morgan fingerprint density at radius 3 is 2.78 bits per heavy atom. The molecule has 1 aliphatic carbocycles. The molecular weight excluding hydrogens is 366 g/mol. The summed E-state index contributed by atoms with van der Waals surface area (Å²) in [5, 5.41) is 5.80. The molecular formula is C20H22ClN3O3. The maximum Gasteiger partial charge on any atom is 0.253 e. The number of hydrogen-bond acceptors (Lipinski definition) is 4. The van der Waals surface area contributed by atoms with E-state index in [1.54, 1.807) is 31.3 Å². The molecule has 0 radical (unpaired) electrons. The van der Waals surface area contributed by atoms with Crippen molar-refractivity contribution in [3.8, 4) is 0 Å². The van der Waals surface area contributed by atoms with Crippen molar-refractivity contribution in [2.24, 2.45) is 5.92 Å². The number of halogens is 1. The minimum absolute atomic E-state index is 0.237. The summed E-state index contributed by atoms with van der Waals surface area (Å²) in [7, 11) is 0. The highest BCUT2D eigenvalue weighted by Gasteiger charge is 2.24. The van der Waals surface area contributed by atoms with Gasteiger partial charge in [0.2, 0.25) is 0 Å². The fourth-order valence-corrected chi connectivity index (χ4v) is 2.70. The lowest BCUT2D eigenvalue weighted by atomic mass is 10.2. The summed E-state index contributed by atoms with van der Waals surface area (Å²) in [4.78, 5) is 28.6. The average Bonchev–Trinajstić information content (AvgIpc) is 3.49. The van der Waals surface area contributed by atoms with Gasteiger partial charge < -0.3 is 15.4 Å². The maximum atomic E-state index is 12.3. The Bertz CT molecular complexity index is 809. The number of carbonyl (C=O) groups is 2. The number of benzene rings is 1. The number of anilines is 1. The van der Waals surface area contributed by atoms with E-state index in [4.69, 9.17) is 16.3 Å². The molecule has 0 bridgehead atoms. The van der Waals surface area contributed by atoms with Crippen molar-refractivity contribution in [3.05, 3.63) is 58.9 Å². The van der Waals surface area contributed by atoms with E-state index in [-0.39, 0.29) is 16.8 Å². The predicted molar refractivity (Wildman–Crippen MR) is 104 cm³/mol. The monoisotopic (exact) mass is 387 g/mol. The van der Waals surface area contributed by atoms with E-state index in [1.807, 2.05) is 18.2 Å². The van der Waals surface area contributed by atoms with Gasteiger partial charge in [0, 0.05) is 11.9 Å². The fraction of sp³-hybridized carbons (Fsp3) is 0.350. The quantitative estimate of drug-likeness (QED) is 0.727. The van der Waals surface area contributed by atoms with Crippen LogP contribution in [-0.2, 0) is 16.1 Å². The van der Waals surface area contributed by atoms with E-state index >= 15 is 0 Å². The zero-order chi connectivity index (χ0) is 19.2. The second-order valence-electron chi connectivity index (χ2n) is 6.61. The van der Waals surface area contributed by atoms with E-state index in [1.165, 1.54) is 12.8 Å². The van der Waals surface area contributed by atoms with Crippen LogP contribution in [0, 0.1) is 5.92 Å². The topological polar surface area (TPSA) is 80.3 Å². The van der Waals surface area contributed by atoms with Gasteiger partial charge >= 0.3 is 0 Å². The highest BCUT2D eigenvalue weighted by atomic mass is 35.5. The minimum atomic E-state index is -0.536. The summed E-state index contributed by atoms with van der Waals surface area (Å²) in [6, 6.07) is 10.3. The molecule has 6 nitrogen and oxygen atoms in total. The summed E-state index contributed by atoms with van der Waals surface area (Å²) in [6.07, 6.45) is 3.48. The van der Waals surface area contributed by atoms with Crippen molar-refractivity contribution in [3.63, 3.8) is 0 Å². The number of ether oxygens (including phenoxy) is 1. The molecule has 1 aromatic carbocycles. The SMILES string of the molecule is CC(OCC1CC1)C(=O)Nc1ccc(C(=O)NCc2ccccn2)c(Cl)c1. The molecule has 3 rings (SSSR count). The van der Waals surface area contributed by atoms with Crippen LogP contribution in [0.25, 0.3) is 0 Å². The molecule has 1 aromatic heterocycles. The number of amides is 2. The zero-order valence-corrected chi connectivity index (χ0v) is 15.8. The number of nitrogens with one attached hydrogen (secondary N) is 2. The Balaban J connectivity index is 1.54. The number of rotatable bonds is 8. The predicted octanol–water partition coefficient (Wildman–Crippen LogP) is 3.42. The molecule has 1 aliphatic rings. The van der Waals surface area contributed by atoms with Gasteiger partial charge in [0.15, 0.2) is 0 Å². The van der Waals surface area contributed by atoms with E-state index in [9.17, 15) is 9.59 Å². The average molecular weight is 388 g/mol. The van der Waals surface area contributed by atoms with Gasteiger partial charge in [-0.1, -0.05) is 17.7 Å². The molecule has 0 spiro atoms.